The van der Waals surface area contributed by atoms with Gasteiger partial charge in [0.05, 0.1) is 34.1 Å². The van der Waals surface area contributed by atoms with Crippen LogP contribution in [0.15, 0.2) is 116 Å². The van der Waals surface area contributed by atoms with Gasteiger partial charge in [0.2, 0.25) is 0 Å². The first-order valence-electron chi connectivity index (χ1n) is 12.0. The molecule has 0 aliphatic rings. The zero-order chi connectivity index (χ0) is 24.1. The third kappa shape index (κ3) is 3.19. The number of nitrogens with zero attached hydrogens (tertiary/aromatic N) is 4. The highest BCUT2D eigenvalue weighted by Crippen LogP contribution is 2.44. The van der Waals surface area contributed by atoms with Crippen molar-refractivity contribution in [3.8, 4) is 0 Å². The lowest BCUT2D eigenvalue weighted by atomic mass is 9.97. The summed E-state index contributed by atoms with van der Waals surface area (Å²) in [4.78, 5) is 16.6. The lowest BCUT2D eigenvalue weighted by molar-refractivity contribution is 1.26. The van der Waals surface area contributed by atoms with Gasteiger partial charge < -0.3 is 4.90 Å². The molecule has 0 saturated carbocycles. The van der Waals surface area contributed by atoms with Crippen LogP contribution in [0.4, 0.5) is 17.1 Å². The average molecular weight is 463 g/mol. The van der Waals surface area contributed by atoms with Crippen molar-refractivity contribution in [2.24, 2.45) is 0 Å². The van der Waals surface area contributed by atoms with Crippen molar-refractivity contribution in [2.45, 2.75) is 6.92 Å². The number of anilines is 3. The molecule has 4 heteroatoms. The third-order valence-electron chi connectivity index (χ3n) is 6.91. The van der Waals surface area contributed by atoms with E-state index in [9.17, 15) is 0 Å². The fourth-order valence-electron chi connectivity index (χ4n) is 5.21. The summed E-state index contributed by atoms with van der Waals surface area (Å²) in [7, 11) is 0. The Kier molecular flexibility index (Phi) is 4.64. The molecule has 3 aromatic heterocycles. The topological polar surface area (TPSA) is 41.9 Å². The second-order valence-corrected chi connectivity index (χ2v) is 9.02. The first-order valence-corrected chi connectivity index (χ1v) is 12.0. The number of fused-ring (bicyclic) bond motifs is 4. The highest BCUT2D eigenvalue weighted by molar-refractivity contribution is 6.15. The predicted molar refractivity (Wildman–Crippen MR) is 149 cm³/mol. The number of hydrogen-bond acceptors (Lipinski definition) is 4. The maximum atomic E-state index is 4.90. The molecule has 0 atom stereocenters. The van der Waals surface area contributed by atoms with E-state index in [0.717, 1.165) is 55.2 Å². The second kappa shape index (κ2) is 8.14. The maximum Gasteiger partial charge on any atom is 0.0951 e. The van der Waals surface area contributed by atoms with Gasteiger partial charge >= 0.3 is 0 Å². The first-order chi connectivity index (χ1) is 17.8. The van der Waals surface area contributed by atoms with Crippen LogP contribution in [0.5, 0.6) is 0 Å². The first kappa shape index (κ1) is 20.5. The normalized spacial score (nSPS) is 11.5. The van der Waals surface area contributed by atoms with Crippen LogP contribution in [-0.4, -0.2) is 15.0 Å². The minimum atomic E-state index is 0.926. The van der Waals surface area contributed by atoms with Gasteiger partial charge in [0, 0.05) is 39.6 Å². The Bertz CT molecular complexity index is 1850. The van der Waals surface area contributed by atoms with E-state index in [1.165, 1.54) is 10.9 Å². The average Bonchev–Trinajstić information content (AvgIpc) is 2.94. The standard InChI is InChI=1S/C32H22N4/c1-21-26-12-5-6-13-28(26)32(31-27(21)14-8-16-34-31)36(24-10-3-2-4-11-24)25-18-23-17-22-9-7-15-33-29(22)19-30(23)35-20-25/h2-20H,1H3. The number of aromatic nitrogens is 3. The SMILES string of the molecule is Cc1c2ccccc2c(N(c2ccccc2)c2cnc3cc4ncccc4cc3c2)c2ncccc12. The van der Waals surface area contributed by atoms with E-state index < -0.39 is 0 Å². The molecule has 0 radical (unpaired) electrons. The van der Waals surface area contributed by atoms with Gasteiger partial charge in [-0.05, 0) is 60.3 Å². The Hall–Kier alpha value is -4.83. The molecule has 3 heterocycles. The molecule has 4 aromatic carbocycles. The molecule has 0 saturated heterocycles. The summed E-state index contributed by atoms with van der Waals surface area (Å²) in [6.45, 7) is 2.18. The number of rotatable bonds is 3. The van der Waals surface area contributed by atoms with Crippen LogP contribution in [0.25, 0.3) is 43.5 Å². The molecule has 0 spiro atoms. The van der Waals surface area contributed by atoms with Crippen molar-refractivity contribution in [1.29, 1.82) is 0 Å². The molecule has 0 aliphatic carbocycles. The van der Waals surface area contributed by atoms with E-state index >= 15 is 0 Å². The molecule has 0 bridgehead atoms. The number of aryl methyl sites for hydroxylation is 1. The van der Waals surface area contributed by atoms with E-state index in [1.54, 1.807) is 0 Å². The van der Waals surface area contributed by atoms with Gasteiger partial charge in [-0.1, -0.05) is 54.6 Å². The number of pyridine rings is 3. The van der Waals surface area contributed by atoms with Gasteiger partial charge in [-0.25, -0.2) is 0 Å². The van der Waals surface area contributed by atoms with Gasteiger partial charge in [0.25, 0.3) is 0 Å². The number of hydrogen-bond donors (Lipinski definition) is 0. The predicted octanol–water partition coefficient (Wildman–Crippen LogP) is 8.26. The Morgan fingerprint density at radius 2 is 1.28 bits per heavy atom. The van der Waals surface area contributed by atoms with Crippen LogP contribution in [0, 0.1) is 6.92 Å². The lowest BCUT2D eigenvalue weighted by Gasteiger charge is -2.28. The summed E-state index contributed by atoms with van der Waals surface area (Å²) in [5.74, 6) is 0. The molecule has 4 nitrogen and oxygen atoms in total. The highest BCUT2D eigenvalue weighted by atomic mass is 15.2. The van der Waals surface area contributed by atoms with Gasteiger partial charge in [0.1, 0.15) is 0 Å². The van der Waals surface area contributed by atoms with Gasteiger partial charge in [-0.3, -0.25) is 15.0 Å². The Morgan fingerprint density at radius 3 is 2.17 bits per heavy atom. The molecule has 170 valence electrons. The van der Waals surface area contributed by atoms with Gasteiger partial charge in [0.15, 0.2) is 0 Å². The zero-order valence-electron chi connectivity index (χ0n) is 19.8. The molecular formula is C32H22N4. The fraction of sp³-hybridized carbons (Fsp3) is 0.0312. The van der Waals surface area contributed by atoms with E-state index in [2.05, 4.69) is 95.7 Å². The Balaban J connectivity index is 1.58. The summed E-state index contributed by atoms with van der Waals surface area (Å²) in [5, 5.41) is 5.70. The van der Waals surface area contributed by atoms with E-state index in [-0.39, 0.29) is 0 Å². The third-order valence-corrected chi connectivity index (χ3v) is 6.91. The lowest BCUT2D eigenvalue weighted by Crippen LogP contribution is -2.12. The molecular weight excluding hydrogens is 440 g/mol. The Labute approximate surface area is 208 Å². The van der Waals surface area contributed by atoms with E-state index in [1.807, 2.05) is 36.8 Å². The molecule has 0 unspecified atom stereocenters. The number of para-hydroxylation sites is 1. The largest absolute Gasteiger partial charge is 0.306 e. The summed E-state index contributed by atoms with van der Waals surface area (Å²) in [5.41, 5.74) is 7.18. The molecule has 7 aromatic rings. The van der Waals surface area contributed by atoms with Crippen molar-refractivity contribution in [2.75, 3.05) is 4.90 Å². The molecule has 7 rings (SSSR count). The quantitative estimate of drug-likeness (QED) is 0.248. The molecule has 0 fully saturated rings. The van der Waals surface area contributed by atoms with Crippen LogP contribution < -0.4 is 4.90 Å². The van der Waals surface area contributed by atoms with E-state index in [0.29, 0.717) is 0 Å². The summed E-state index contributed by atoms with van der Waals surface area (Å²) in [6, 6.07) is 33.7. The molecule has 0 aliphatic heterocycles. The van der Waals surface area contributed by atoms with Crippen LogP contribution in [0.3, 0.4) is 0 Å². The second-order valence-electron chi connectivity index (χ2n) is 9.02. The van der Waals surface area contributed by atoms with Crippen LogP contribution in [0.2, 0.25) is 0 Å². The van der Waals surface area contributed by atoms with Gasteiger partial charge in [-0.15, -0.1) is 0 Å². The number of benzene rings is 4. The van der Waals surface area contributed by atoms with Crippen LogP contribution in [-0.2, 0) is 0 Å². The molecule has 0 N–H and O–H groups in total. The minimum Gasteiger partial charge on any atom is -0.306 e. The monoisotopic (exact) mass is 462 g/mol. The fourth-order valence-corrected chi connectivity index (χ4v) is 5.21. The van der Waals surface area contributed by atoms with Crippen LogP contribution >= 0.6 is 0 Å². The van der Waals surface area contributed by atoms with Crippen LogP contribution in [0.1, 0.15) is 5.56 Å². The highest BCUT2D eigenvalue weighted by Gasteiger charge is 2.21. The summed E-state index contributed by atoms with van der Waals surface area (Å²) >= 11 is 0. The zero-order valence-corrected chi connectivity index (χ0v) is 19.8. The van der Waals surface area contributed by atoms with Gasteiger partial charge in [-0.2, -0.15) is 0 Å². The van der Waals surface area contributed by atoms with Crippen molar-refractivity contribution in [1.82, 2.24) is 15.0 Å². The van der Waals surface area contributed by atoms with Crippen molar-refractivity contribution in [3.63, 3.8) is 0 Å². The molecule has 36 heavy (non-hydrogen) atoms. The molecule has 0 amide bonds. The van der Waals surface area contributed by atoms with E-state index in [4.69, 9.17) is 9.97 Å². The maximum absolute atomic E-state index is 4.90. The minimum absolute atomic E-state index is 0.926. The Morgan fingerprint density at radius 1 is 0.556 bits per heavy atom. The van der Waals surface area contributed by atoms with Crippen molar-refractivity contribution < 1.29 is 0 Å². The summed E-state index contributed by atoms with van der Waals surface area (Å²) < 4.78 is 0. The van der Waals surface area contributed by atoms with Crippen molar-refractivity contribution in [3.05, 3.63) is 121 Å². The summed E-state index contributed by atoms with van der Waals surface area (Å²) in [6.07, 6.45) is 5.65. The smallest absolute Gasteiger partial charge is 0.0951 e. The van der Waals surface area contributed by atoms with Crippen molar-refractivity contribution >= 4 is 60.5 Å².